The van der Waals surface area contributed by atoms with E-state index in [2.05, 4.69) is 36.2 Å². The molecule has 0 unspecified atom stereocenters. The summed E-state index contributed by atoms with van der Waals surface area (Å²) in [5.41, 5.74) is 0.0606. The van der Waals surface area contributed by atoms with Crippen LogP contribution in [0, 0.1) is 0 Å². The topological polar surface area (TPSA) is 59.8 Å². The van der Waals surface area contributed by atoms with E-state index in [1.165, 1.54) is 6.33 Å². The van der Waals surface area contributed by atoms with Gasteiger partial charge in [-0.2, -0.15) is 5.10 Å². The van der Waals surface area contributed by atoms with E-state index in [0.29, 0.717) is 19.4 Å². The molecule has 0 saturated carbocycles. The predicted molar refractivity (Wildman–Crippen MR) is 62.1 cm³/mol. The Balaban J connectivity index is 2.30. The molecular weight excluding hydrogens is 204 g/mol. The Morgan fingerprint density at radius 2 is 2.19 bits per heavy atom. The molecule has 16 heavy (non-hydrogen) atoms. The maximum Gasteiger partial charge on any atom is 0.141 e. The molecule has 1 aromatic rings. The van der Waals surface area contributed by atoms with Crippen molar-refractivity contribution < 1.29 is 4.79 Å². The van der Waals surface area contributed by atoms with Gasteiger partial charge < -0.3 is 5.32 Å². The first-order chi connectivity index (χ1) is 7.38. The summed E-state index contributed by atoms with van der Waals surface area (Å²) in [4.78, 5) is 15.7. The van der Waals surface area contributed by atoms with Gasteiger partial charge in [-0.05, 0) is 20.8 Å². The normalized spacial score (nSPS) is 11.8. The number of hydrogen-bond acceptors (Lipinski definition) is 4. The van der Waals surface area contributed by atoms with E-state index in [0.717, 1.165) is 5.82 Å². The lowest BCUT2D eigenvalue weighted by Crippen LogP contribution is -2.37. The average molecular weight is 224 g/mol. The highest BCUT2D eigenvalue weighted by Crippen LogP contribution is 2.00. The Labute approximate surface area is 96.3 Å². The second kappa shape index (κ2) is 5.21. The second-order valence-electron chi connectivity index (χ2n) is 4.94. The molecule has 0 aromatic carbocycles. The van der Waals surface area contributed by atoms with Crippen molar-refractivity contribution in [3.05, 3.63) is 12.2 Å². The quantitative estimate of drug-likeness (QED) is 0.800. The summed E-state index contributed by atoms with van der Waals surface area (Å²) in [6.07, 6.45) is 2.36. The van der Waals surface area contributed by atoms with Crippen molar-refractivity contribution in [2.24, 2.45) is 7.05 Å². The zero-order chi connectivity index (χ0) is 12.2. The van der Waals surface area contributed by atoms with Crippen molar-refractivity contribution in [3.8, 4) is 0 Å². The number of carbonyl (C=O) groups excluding carboxylic acids is 1. The van der Waals surface area contributed by atoms with E-state index in [1.807, 2.05) is 0 Å². The molecule has 0 amide bonds. The number of nitrogens with zero attached hydrogens (tertiary/aromatic N) is 3. The molecule has 1 aromatic heterocycles. The fourth-order valence-electron chi connectivity index (χ4n) is 1.32. The Kier molecular flexibility index (Phi) is 4.18. The number of carbonyl (C=O) groups is 1. The molecule has 0 aliphatic heterocycles. The van der Waals surface area contributed by atoms with Crippen LogP contribution in [-0.2, 0) is 18.3 Å². The van der Waals surface area contributed by atoms with Crippen LogP contribution >= 0.6 is 0 Å². The first kappa shape index (κ1) is 12.8. The van der Waals surface area contributed by atoms with Gasteiger partial charge in [-0.1, -0.05) is 0 Å². The third-order valence-corrected chi connectivity index (χ3v) is 2.22. The van der Waals surface area contributed by atoms with Crippen molar-refractivity contribution >= 4 is 5.78 Å². The maximum atomic E-state index is 11.6. The van der Waals surface area contributed by atoms with E-state index in [4.69, 9.17) is 0 Å². The number of aromatic nitrogens is 3. The van der Waals surface area contributed by atoms with Gasteiger partial charge in [-0.3, -0.25) is 9.48 Å². The van der Waals surface area contributed by atoms with Crippen LogP contribution in [0.4, 0.5) is 0 Å². The lowest BCUT2D eigenvalue weighted by Gasteiger charge is -2.19. The minimum absolute atomic E-state index is 0.0606. The van der Waals surface area contributed by atoms with E-state index in [-0.39, 0.29) is 11.3 Å². The van der Waals surface area contributed by atoms with Gasteiger partial charge in [0.15, 0.2) is 0 Å². The summed E-state index contributed by atoms with van der Waals surface area (Å²) in [5, 5.41) is 7.21. The van der Waals surface area contributed by atoms with E-state index < -0.39 is 0 Å². The van der Waals surface area contributed by atoms with Crippen molar-refractivity contribution in [3.63, 3.8) is 0 Å². The second-order valence-corrected chi connectivity index (χ2v) is 4.94. The zero-order valence-electron chi connectivity index (χ0n) is 10.4. The SMILES string of the molecule is Cn1ncnc1CC(=O)CCNC(C)(C)C. The molecule has 0 aliphatic carbocycles. The molecule has 0 radical (unpaired) electrons. The van der Waals surface area contributed by atoms with Gasteiger partial charge in [-0.15, -0.1) is 0 Å². The first-order valence-corrected chi connectivity index (χ1v) is 5.48. The number of hydrogen-bond donors (Lipinski definition) is 1. The zero-order valence-corrected chi connectivity index (χ0v) is 10.4. The molecule has 1 heterocycles. The molecule has 0 spiro atoms. The van der Waals surface area contributed by atoms with Crippen molar-refractivity contribution in [2.45, 2.75) is 39.2 Å². The average Bonchev–Trinajstić information content (AvgIpc) is 2.49. The number of rotatable bonds is 5. The fourth-order valence-corrected chi connectivity index (χ4v) is 1.32. The van der Waals surface area contributed by atoms with Crippen LogP contribution in [0.2, 0.25) is 0 Å². The van der Waals surface area contributed by atoms with Crippen LogP contribution in [0.15, 0.2) is 6.33 Å². The molecule has 0 bridgehead atoms. The van der Waals surface area contributed by atoms with Crippen molar-refractivity contribution in [1.82, 2.24) is 20.1 Å². The number of Topliss-reactive ketones (excluding diaryl/α,β-unsaturated/α-hetero) is 1. The van der Waals surface area contributed by atoms with Crippen LogP contribution in [0.5, 0.6) is 0 Å². The first-order valence-electron chi connectivity index (χ1n) is 5.48. The molecule has 0 aliphatic rings. The largest absolute Gasteiger partial charge is 0.312 e. The monoisotopic (exact) mass is 224 g/mol. The lowest BCUT2D eigenvalue weighted by molar-refractivity contribution is -0.118. The Morgan fingerprint density at radius 3 is 2.69 bits per heavy atom. The molecule has 1 N–H and O–H groups in total. The van der Waals surface area contributed by atoms with Crippen LogP contribution in [-0.4, -0.2) is 32.6 Å². The van der Waals surface area contributed by atoms with Crippen molar-refractivity contribution in [2.75, 3.05) is 6.54 Å². The van der Waals surface area contributed by atoms with Gasteiger partial charge in [0.05, 0.1) is 6.42 Å². The molecule has 1 rings (SSSR count). The Bertz CT molecular complexity index is 351. The number of nitrogens with one attached hydrogen (secondary N) is 1. The van der Waals surface area contributed by atoms with Gasteiger partial charge in [0.1, 0.15) is 17.9 Å². The standard InChI is InChI=1S/C11H20N4O/c1-11(2,3)13-6-5-9(16)7-10-12-8-14-15(10)4/h8,13H,5-7H2,1-4H3. The molecule has 5 nitrogen and oxygen atoms in total. The highest BCUT2D eigenvalue weighted by molar-refractivity contribution is 5.80. The van der Waals surface area contributed by atoms with E-state index in [9.17, 15) is 4.79 Å². The predicted octanol–water partition coefficient (Wildman–Crippen LogP) is 0.705. The minimum atomic E-state index is 0.0606. The Morgan fingerprint density at radius 1 is 1.50 bits per heavy atom. The van der Waals surface area contributed by atoms with Crippen LogP contribution in [0.1, 0.15) is 33.0 Å². The van der Waals surface area contributed by atoms with Gasteiger partial charge in [0.25, 0.3) is 0 Å². The van der Waals surface area contributed by atoms with Gasteiger partial charge >= 0.3 is 0 Å². The Hall–Kier alpha value is -1.23. The summed E-state index contributed by atoms with van der Waals surface area (Å²) in [7, 11) is 1.79. The third-order valence-electron chi connectivity index (χ3n) is 2.22. The molecule has 0 fully saturated rings. The van der Waals surface area contributed by atoms with Crippen LogP contribution < -0.4 is 5.32 Å². The summed E-state index contributed by atoms with van der Waals surface area (Å²) in [6, 6.07) is 0. The number of ketones is 1. The molecule has 90 valence electrons. The molecular formula is C11H20N4O. The van der Waals surface area contributed by atoms with Gasteiger partial charge in [0, 0.05) is 25.6 Å². The minimum Gasteiger partial charge on any atom is -0.312 e. The van der Waals surface area contributed by atoms with Gasteiger partial charge in [-0.25, -0.2) is 4.98 Å². The highest BCUT2D eigenvalue weighted by atomic mass is 16.1. The fraction of sp³-hybridized carbons (Fsp3) is 0.727. The summed E-state index contributed by atoms with van der Waals surface area (Å²) in [5.74, 6) is 0.911. The smallest absolute Gasteiger partial charge is 0.141 e. The van der Waals surface area contributed by atoms with E-state index >= 15 is 0 Å². The molecule has 5 heteroatoms. The summed E-state index contributed by atoms with van der Waals surface area (Å²) in [6.45, 7) is 6.96. The van der Waals surface area contributed by atoms with Crippen LogP contribution in [0.25, 0.3) is 0 Å². The lowest BCUT2D eigenvalue weighted by atomic mass is 10.1. The molecule has 0 saturated heterocycles. The number of aryl methyl sites for hydroxylation is 1. The third kappa shape index (κ3) is 4.53. The van der Waals surface area contributed by atoms with E-state index in [1.54, 1.807) is 11.7 Å². The molecule has 0 atom stereocenters. The summed E-state index contributed by atoms with van der Waals surface area (Å²) < 4.78 is 1.63. The van der Waals surface area contributed by atoms with Crippen LogP contribution in [0.3, 0.4) is 0 Å². The summed E-state index contributed by atoms with van der Waals surface area (Å²) >= 11 is 0. The van der Waals surface area contributed by atoms with Crippen molar-refractivity contribution in [1.29, 1.82) is 0 Å². The van der Waals surface area contributed by atoms with Gasteiger partial charge in [0.2, 0.25) is 0 Å². The maximum absolute atomic E-state index is 11.6. The highest BCUT2D eigenvalue weighted by Gasteiger charge is 2.11.